The van der Waals surface area contributed by atoms with Crippen molar-refractivity contribution in [2.45, 2.75) is 102 Å². The Balaban J connectivity index is 2.46. The van der Waals surface area contributed by atoms with Crippen LogP contribution in [0.25, 0.3) is 0 Å². The van der Waals surface area contributed by atoms with Gasteiger partial charge in [0, 0.05) is 0 Å². The van der Waals surface area contributed by atoms with Gasteiger partial charge in [0.15, 0.2) is 0 Å². The first kappa shape index (κ1) is 31.1. The topological polar surface area (TPSA) is 0 Å². The predicted molar refractivity (Wildman–Crippen MR) is 184 cm³/mol. The summed E-state index contributed by atoms with van der Waals surface area (Å²) >= 11 is -2.67. The molecular weight excluding hydrogens is 603 g/mol. The first-order valence-corrected chi connectivity index (χ1v) is 27.3. The number of allylic oxidation sites excluding steroid dienone is 4. The molecule has 3 aromatic carbocycles. The fourth-order valence-corrected chi connectivity index (χ4v) is 28.5. The minimum absolute atomic E-state index is 0.0411. The van der Waals surface area contributed by atoms with Crippen molar-refractivity contribution in [1.82, 2.24) is 0 Å². The number of benzene rings is 3. The van der Waals surface area contributed by atoms with Crippen LogP contribution in [-0.4, -0.2) is 26.5 Å². The third-order valence-electron chi connectivity index (χ3n) is 10.3. The van der Waals surface area contributed by atoms with E-state index in [4.69, 9.17) is 0 Å². The summed E-state index contributed by atoms with van der Waals surface area (Å²) in [6.07, 6.45) is 2.13. The van der Waals surface area contributed by atoms with E-state index in [1.165, 1.54) is 33.4 Å². The van der Waals surface area contributed by atoms with Crippen molar-refractivity contribution in [3.05, 3.63) is 108 Å². The van der Waals surface area contributed by atoms with Crippen molar-refractivity contribution in [3.8, 4) is 0 Å². The van der Waals surface area contributed by atoms with Crippen LogP contribution >= 0.6 is 0 Å². The Labute approximate surface area is 250 Å². The molecule has 0 aliphatic heterocycles. The van der Waals surface area contributed by atoms with Crippen LogP contribution < -0.4 is 15.6 Å². The molecule has 1 unspecified atom stereocenters. The van der Waals surface area contributed by atoms with E-state index in [-0.39, 0.29) is 5.04 Å². The molecule has 1 atom stereocenters. The second-order valence-corrected chi connectivity index (χ2v) is 32.0. The van der Waals surface area contributed by atoms with Crippen LogP contribution in [0.1, 0.15) is 74.9 Å². The summed E-state index contributed by atoms with van der Waals surface area (Å²) in [7, 11) is -2.77. The van der Waals surface area contributed by atoms with Gasteiger partial charge in [0.1, 0.15) is 0 Å². The standard InChI is InChI=1S/C35H43Si.3CH3.Sn/c1-11-30-19-31(12-2)21-32(20-30)36(33-23(3)15-13-16-24(33)4,34-25(5)17-14-18-26(34)6)35(10)22-27(7)28(8)29(35)9;;;;/h13-21H,11-12H2,1-10H3;3*1H3;. The first-order chi connectivity index (χ1) is 18.7. The zero-order chi connectivity index (χ0) is 29.8. The molecule has 0 N–H and O–H groups in total. The maximum atomic E-state index is 2.70. The average Bonchev–Trinajstić information content (AvgIpc) is 3.07. The van der Waals surface area contributed by atoms with Crippen LogP contribution in [0.3, 0.4) is 0 Å². The molecule has 4 rings (SSSR count). The minimum atomic E-state index is -2.77. The van der Waals surface area contributed by atoms with Crippen molar-refractivity contribution in [3.63, 3.8) is 0 Å². The van der Waals surface area contributed by atoms with Gasteiger partial charge in [-0.1, -0.05) is 0 Å². The van der Waals surface area contributed by atoms with Crippen LogP contribution in [-0.2, 0) is 12.8 Å². The zero-order valence-corrected chi connectivity index (χ0v) is 31.5. The Morgan fingerprint density at radius 2 is 1.02 bits per heavy atom. The summed E-state index contributed by atoms with van der Waals surface area (Å²) in [4.78, 5) is 7.98. The van der Waals surface area contributed by atoms with Crippen LogP contribution in [0.15, 0.2) is 74.9 Å². The average molecular weight is 656 g/mol. The van der Waals surface area contributed by atoms with Crippen molar-refractivity contribution in [2.24, 2.45) is 0 Å². The Hall–Kier alpha value is -1.84. The fraction of sp³-hybridized carbons (Fsp3) is 0.421. The molecule has 0 aromatic heterocycles. The molecular formula is C38H52SiSn. The number of hydrogen-bond acceptors (Lipinski definition) is 0. The van der Waals surface area contributed by atoms with Crippen LogP contribution in [0.2, 0.25) is 19.9 Å². The van der Waals surface area contributed by atoms with Gasteiger partial charge in [-0.3, -0.25) is 0 Å². The van der Waals surface area contributed by atoms with Crippen molar-refractivity contribution >= 4 is 42.0 Å². The van der Waals surface area contributed by atoms with Gasteiger partial charge in [-0.15, -0.1) is 0 Å². The first-order valence-electron chi connectivity index (χ1n) is 15.3. The molecule has 1 aliphatic carbocycles. The SMILES string of the molecule is CCc1cc(CC)cc([Si](c2c(C)cccc2C)(c2c(C)cccc2C)C2(C)C(C)=C(C)C(C)=[C]2[Sn]([CH3])([CH3])[CH3])c1. The third-order valence-corrected chi connectivity index (χ3v) is 24.1. The van der Waals surface area contributed by atoms with Gasteiger partial charge < -0.3 is 0 Å². The second-order valence-electron chi connectivity index (χ2n) is 13.7. The van der Waals surface area contributed by atoms with E-state index in [1.807, 2.05) is 3.59 Å². The normalized spacial score (nSPS) is 18.2. The molecule has 0 heterocycles. The molecule has 0 saturated heterocycles. The number of hydrogen-bond donors (Lipinski definition) is 0. The summed E-state index contributed by atoms with van der Waals surface area (Å²) in [6.45, 7) is 24.3. The molecule has 212 valence electrons. The van der Waals surface area contributed by atoms with Crippen molar-refractivity contribution in [2.75, 3.05) is 0 Å². The number of rotatable bonds is 7. The molecule has 0 bridgehead atoms. The summed E-state index contributed by atoms with van der Waals surface area (Å²) in [5, 5.41) is 4.84. The van der Waals surface area contributed by atoms with E-state index in [1.54, 1.807) is 32.3 Å². The van der Waals surface area contributed by atoms with E-state index in [0.29, 0.717) is 0 Å². The maximum absolute atomic E-state index is 2.77. The molecule has 0 nitrogen and oxygen atoms in total. The molecule has 2 heteroatoms. The molecule has 1 aliphatic rings. The summed E-state index contributed by atoms with van der Waals surface area (Å²) in [5.41, 5.74) is 13.5. The summed E-state index contributed by atoms with van der Waals surface area (Å²) < 4.78 is 1.84. The monoisotopic (exact) mass is 656 g/mol. The molecule has 0 fully saturated rings. The van der Waals surface area contributed by atoms with E-state index in [0.717, 1.165) is 12.8 Å². The predicted octanol–water partition coefficient (Wildman–Crippen LogP) is 8.82. The van der Waals surface area contributed by atoms with Gasteiger partial charge in [0.25, 0.3) is 0 Å². The van der Waals surface area contributed by atoms with Crippen LogP contribution in [0.5, 0.6) is 0 Å². The number of aryl methyl sites for hydroxylation is 6. The van der Waals surface area contributed by atoms with Gasteiger partial charge in [0.05, 0.1) is 0 Å². The van der Waals surface area contributed by atoms with Crippen LogP contribution in [0, 0.1) is 27.7 Å². The van der Waals surface area contributed by atoms with E-state index in [2.05, 4.69) is 139 Å². The van der Waals surface area contributed by atoms with Crippen molar-refractivity contribution < 1.29 is 0 Å². The van der Waals surface area contributed by atoms with Gasteiger partial charge >= 0.3 is 252 Å². The second kappa shape index (κ2) is 11.1. The van der Waals surface area contributed by atoms with Gasteiger partial charge in [-0.25, -0.2) is 0 Å². The molecule has 3 aromatic rings. The summed E-state index contributed by atoms with van der Waals surface area (Å²) in [5.74, 6) is 0. The third kappa shape index (κ3) is 4.54. The van der Waals surface area contributed by atoms with Crippen LogP contribution in [0.4, 0.5) is 0 Å². The Kier molecular flexibility index (Phi) is 8.63. The molecule has 0 radical (unpaired) electrons. The van der Waals surface area contributed by atoms with Crippen molar-refractivity contribution in [1.29, 1.82) is 0 Å². The van der Waals surface area contributed by atoms with Gasteiger partial charge in [0.2, 0.25) is 0 Å². The van der Waals surface area contributed by atoms with E-state index >= 15 is 0 Å². The molecule has 0 amide bonds. The van der Waals surface area contributed by atoms with Gasteiger partial charge in [-0.05, 0) is 0 Å². The fourth-order valence-electron chi connectivity index (χ4n) is 8.59. The Morgan fingerprint density at radius 1 is 0.625 bits per heavy atom. The molecule has 0 saturated carbocycles. The Morgan fingerprint density at radius 3 is 1.38 bits per heavy atom. The van der Waals surface area contributed by atoms with E-state index < -0.39 is 26.5 Å². The molecule has 0 spiro atoms. The summed E-state index contributed by atoms with van der Waals surface area (Å²) in [6, 6.07) is 21.9. The van der Waals surface area contributed by atoms with Gasteiger partial charge in [-0.2, -0.15) is 0 Å². The quantitative estimate of drug-likeness (QED) is 0.176. The Bertz CT molecular complexity index is 1410. The van der Waals surface area contributed by atoms with E-state index in [9.17, 15) is 0 Å². The zero-order valence-electron chi connectivity index (χ0n) is 27.6. The molecule has 40 heavy (non-hydrogen) atoms.